The van der Waals surface area contributed by atoms with Gasteiger partial charge in [-0.1, -0.05) is 30.4 Å². The molecular weight excluding hydrogens is 395 g/mol. The van der Waals surface area contributed by atoms with E-state index < -0.39 is 17.7 Å². The Morgan fingerprint density at radius 1 is 1.29 bits per heavy atom. The van der Waals surface area contributed by atoms with Crippen molar-refractivity contribution in [2.24, 2.45) is 0 Å². The summed E-state index contributed by atoms with van der Waals surface area (Å²) in [5.41, 5.74) is -0.436. The monoisotopic (exact) mass is 409 g/mol. The molecule has 0 N–H and O–H groups in total. The van der Waals surface area contributed by atoms with Crippen LogP contribution in [0.4, 0.5) is 13.2 Å². The van der Waals surface area contributed by atoms with Gasteiger partial charge in [0.25, 0.3) is 5.56 Å². The number of hydrogen-bond acceptors (Lipinski definition) is 6. The molecule has 0 spiro atoms. The van der Waals surface area contributed by atoms with E-state index >= 15 is 0 Å². The summed E-state index contributed by atoms with van der Waals surface area (Å²) in [6.45, 7) is 1.70. The first-order chi connectivity index (χ1) is 13.3. The van der Waals surface area contributed by atoms with Crippen molar-refractivity contribution in [1.82, 2.24) is 14.6 Å². The van der Waals surface area contributed by atoms with Crippen molar-refractivity contribution in [3.63, 3.8) is 0 Å². The fraction of sp³-hybridized carbons (Fsp3) is 0.222. The molecule has 3 aromatic rings. The van der Waals surface area contributed by atoms with Crippen molar-refractivity contribution in [2.75, 3.05) is 0 Å². The van der Waals surface area contributed by atoms with Gasteiger partial charge in [-0.2, -0.15) is 22.8 Å². The number of halogens is 3. The summed E-state index contributed by atoms with van der Waals surface area (Å²) in [6, 6.07) is 5.59. The Hall–Kier alpha value is -3.01. The smallest absolute Gasteiger partial charge is 0.416 e. The predicted octanol–water partition coefficient (Wildman–Crippen LogP) is 3.49. The summed E-state index contributed by atoms with van der Waals surface area (Å²) in [7, 11) is 0. The summed E-state index contributed by atoms with van der Waals surface area (Å²) in [5, 5.41) is 4.88. The summed E-state index contributed by atoms with van der Waals surface area (Å²) in [4.78, 5) is 28.5. The number of aryl methyl sites for hydroxylation is 1. The van der Waals surface area contributed by atoms with Crippen LogP contribution in [0.5, 0.6) is 0 Å². The molecule has 0 bridgehead atoms. The highest BCUT2D eigenvalue weighted by atomic mass is 32.1. The van der Waals surface area contributed by atoms with E-state index in [0.29, 0.717) is 16.9 Å². The lowest BCUT2D eigenvalue weighted by atomic mass is 10.1. The van der Waals surface area contributed by atoms with Gasteiger partial charge in [0.05, 0.1) is 11.3 Å². The third-order valence-electron chi connectivity index (χ3n) is 3.65. The molecule has 2 heterocycles. The van der Waals surface area contributed by atoms with Crippen molar-refractivity contribution < 1.29 is 22.7 Å². The second kappa shape index (κ2) is 7.93. The number of hydrogen-bond donors (Lipinski definition) is 0. The van der Waals surface area contributed by atoms with Crippen molar-refractivity contribution in [2.45, 2.75) is 26.1 Å². The Morgan fingerprint density at radius 2 is 2.00 bits per heavy atom. The molecular formula is C18H14F3N3O3S. The molecule has 1 aromatic carbocycles. The van der Waals surface area contributed by atoms with Crippen LogP contribution in [0.25, 0.3) is 11.0 Å². The van der Waals surface area contributed by atoms with Crippen LogP contribution in [0.15, 0.2) is 41.2 Å². The number of alkyl halides is 3. The number of aromatic nitrogens is 3. The predicted molar refractivity (Wildman–Crippen MR) is 96.8 cm³/mol. The molecule has 0 radical (unpaired) electrons. The molecule has 146 valence electrons. The number of fused-ring (bicyclic) bond motifs is 1. The van der Waals surface area contributed by atoms with Gasteiger partial charge in [-0.3, -0.25) is 4.79 Å². The van der Waals surface area contributed by atoms with Crippen LogP contribution in [0.2, 0.25) is 0 Å². The summed E-state index contributed by atoms with van der Waals surface area (Å²) in [5.74, 6) is -0.708. The van der Waals surface area contributed by atoms with E-state index in [9.17, 15) is 22.8 Å². The number of nitrogens with zero attached hydrogens (tertiary/aromatic N) is 3. The van der Waals surface area contributed by atoms with Gasteiger partial charge in [0.15, 0.2) is 0 Å². The molecule has 3 rings (SSSR count). The molecule has 0 amide bonds. The highest BCUT2D eigenvalue weighted by Crippen LogP contribution is 2.29. The second-order valence-corrected chi connectivity index (χ2v) is 6.73. The first kappa shape index (κ1) is 19.7. The Labute approximate surface area is 160 Å². The zero-order chi connectivity index (χ0) is 20.3. The van der Waals surface area contributed by atoms with Gasteiger partial charge >= 0.3 is 12.1 Å². The lowest BCUT2D eigenvalue weighted by Gasteiger charge is -2.05. The van der Waals surface area contributed by atoms with Crippen molar-refractivity contribution in [1.29, 1.82) is 0 Å². The SMILES string of the molecule is CCc1nn2c(=O)cc(COC(=O)/C=C/c3ccc(C(F)(F)F)cc3)nc2s1. The van der Waals surface area contributed by atoms with Crippen LogP contribution in [0, 0.1) is 0 Å². The summed E-state index contributed by atoms with van der Waals surface area (Å²) >= 11 is 1.28. The summed E-state index contributed by atoms with van der Waals surface area (Å²) in [6.07, 6.45) is -1.31. The van der Waals surface area contributed by atoms with Gasteiger partial charge in [-0.15, -0.1) is 0 Å². The molecule has 2 aromatic heterocycles. The topological polar surface area (TPSA) is 73.6 Å². The largest absolute Gasteiger partial charge is 0.456 e. The minimum atomic E-state index is -4.41. The van der Waals surface area contributed by atoms with E-state index in [2.05, 4.69) is 10.1 Å². The lowest BCUT2D eigenvalue weighted by Crippen LogP contribution is -2.16. The van der Waals surface area contributed by atoms with E-state index in [4.69, 9.17) is 4.74 Å². The average Bonchev–Trinajstić information content (AvgIpc) is 3.08. The minimum Gasteiger partial charge on any atom is -0.456 e. The third kappa shape index (κ3) is 4.63. The van der Waals surface area contributed by atoms with Gasteiger partial charge in [0, 0.05) is 12.1 Å². The van der Waals surface area contributed by atoms with E-state index in [-0.39, 0.29) is 17.9 Å². The van der Waals surface area contributed by atoms with Gasteiger partial charge in [-0.25, -0.2) is 9.78 Å². The van der Waals surface area contributed by atoms with Gasteiger partial charge < -0.3 is 4.74 Å². The molecule has 0 saturated carbocycles. The van der Waals surface area contributed by atoms with Crippen LogP contribution in [-0.4, -0.2) is 20.6 Å². The van der Waals surface area contributed by atoms with E-state index in [1.807, 2.05) is 6.92 Å². The molecule has 0 atom stereocenters. The van der Waals surface area contributed by atoms with E-state index in [1.165, 1.54) is 40.1 Å². The standard InChI is InChI=1S/C18H14F3N3O3S/c1-2-14-23-24-15(25)9-13(22-17(24)28-14)10-27-16(26)8-5-11-3-6-12(7-4-11)18(19,20)21/h3-9H,2,10H2,1H3/b8-5+. The zero-order valence-electron chi connectivity index (χ0n) is 14.6. The molecule has 10 heteroatoms. The summed E-state index contributed by atoms with van der Waals surface area (Å²) < 4.78 is 43.8. The number of rotatable bonds is 5. The van der Waals surface area contributed by atoms with Crippen LogP contribution >= 0.6 is 11.3 Å². The number of benzene rings is 1. The van der Waals surface area contributed by atoms with Crippen molar-refractivity contribution in [3.05, 3.63) is 68.6 Å². The highest BCUT2D eigenvalue weighted by molar-refractivity contribution is 7.16. The van der Waals surface area contributed by atoms with Gasteiger partial charge in [0.2, 0.25) is 4.96 Å². The fourth-order valence-electron chi connectivity index (χ4n) is 2.25. The van der Waals surface area contributed by atoms with Crippen LogP contribution in [0.1, 0.15) is 28.8 Å². The normalized spacial score (nSPS) is 12.0. The molecule has 0 aliphatic carbocycles. The zero-order valence-corrected chi connectivity index (χ0v) is 15.4. The Morgan fingerprint density at radius 3 is 2.64 bits per heavy atom. The molecule has 0 fully saturated rings. The Kier molecular flexibility index (Phi) is 5.59. The average molecular weight is 409 g/mol. The lowest BCUT2D eigenvalue weighted by molar-refractivity contribution is -0.139. The van der Waals surface area contributed by atoms with Gasteiger partial charge in [0.1, 0.15) is 11.6 Å². The molecule has 0 aliphatic rings. The Balaban J connectivity index is 1.63. The number of ether oxygens (including phenoxy) is 1. The van der Waals surface area contributed by atoms with E-state index in [1.54, 1.807) is 0 Å². The maximum Gasteiger partial charge on any atom is 0.416 e. The molecule has 0 saturated heterocycles. The van der Waals surface area contributed by atoms with Crippen LogP contribution < -0.4 is 5.56 Å². The molecule has 28 heavy (non-hydrogen) atoms. The van der Waals surface area contributed by atoms with Crippen LogP contribution in [0.3, 0.4) is 0 Å². The first-order valence-corrected chi connectivity index (χ1v) is 8.98. The second-order valence-electron chi connectivity index (χ2n) is 5.69. The minimum absolute atomic E-state index is 0.207. The van der Waals surface area contributed by atoms with Crippen molar-refractivity contribution in [3.8, 4) is 0 Å². The number of carbonyl (C=O) groups excluding carboxylic acids is 1. The Bertz CT molecular complexity index is 1090. The quantitative estimate of drug-likeness (QED) is 0.477. The maximum atomic E-state index is 12.5. The number of carbonyl (C=O) groups is 1. The maximum absolute atomic E-state index is 12.5. The first-order valence-electron chi connectivity index (χ1n) is 8.17. The van der Waals surface area contributed by atoms with Crippen molar-refractivity contribution >= 4 is 28.3 Å². The molecule has 0 unspecified atom stereocenters. The fourth-order valence-corrected chi connectivity index (χ4v) is 3.11. The van der Waals surface area contributed by atoms with E-state index in [0.717, 1.165) is 23.2 Å². The molecule has 6 nitrogen and oxygen atoms in total. The highest BCUT2D eigenvalue weighted by Gasteiger charge is 2.29. The number of esters is 1. The van der Waals surface area contributed by atoms with Gasteiger partial charge in [-0.05, 0) is 30.2 Å². The molecule has 0 aliphatic heterocycles. The van der Waals surface area contributed by atoms with Crippen LogP contribution in [-0.2, 0) is 28.7 Å². The third-order valence-corrected chi connectivity index (χ3v) is 4.71.